The quantitative estimate of drug-likeness (QED) is 0.726. The number of anilines is 1. The molecule has 31 heavy (non-hydrogen) atoms. The lowest BCUT2D eigenvalue weighted by molar-refractivity contribution is -0.141. The number of alkyl halides is 3. The molecule has 0 aliphatic carbocycles. The molecule has 166 valence electrons. The molecule has 0 unspecified atom stereocenters. The van der Waals surface area contributed by atoms with E-state index < -0.39 is 24.0 Å². The van der Waals surface area contributed by atoms with Gasteiger partial charge in [0.1, 0.15) is 11.5 Å². The van der Waals surface area contributed by atoms with Crippen LogP contribution in [0.2, 0.25) is 0 Å². The van der Waals surface area contributed by atoms with Gasteiger partial charge >= 0.3 is 6.18 Å². The molecule has 1 N–H and O–H groups in total. The van der Waals surface area contributed by atoms with E-state index in [1.54, 1.807) is 6.20 Å². The molecule has 0 spiro atoms. The van der Waals surface area contributed by atoms with Crippen molar-refractivity contribution >= 4 is 11.6 Å². The molecule has 0 radical (unpaired) electrons. The number of nitrogens with one attached hydrogen (secondary N) is 1. The highest BCUT2D eigenvalue weighted by Gasteiger charge is 2.38. The standard InChI is InChI=1S/C21H22F4N4O2/c1-11(2)18-16(22)7-12(9-27-18)29-5-3-13(4-6-29)31-20-15-10-26-17(21(23,24)25)8-14(15)19(30)28-20/h7-11,13,20H,3-6H2,1-2H3,(H,28,30)/t20-/m1/s1. The van der Waals surface area contributed by atoms with Crippen LogP contribution in [0.4, 0.5) is 23.2 Å². The van der Waals surface area contributed by atoms with Crippen molar-refractivity contribution in [2.45, 2.75) is 51.1 Å². The molecule has 0 aromatic carbocycles. The minimum atomic E-state index is -4.62. The number of hydrogen-bond acceptors (Lipinski definition) is 5. The molecular weight excluding hydrogens is 416 g/mol. The third-order valence-electron chi connectivity index (χ3n) is 5.55. The summed E-state index contributed by atoms with van der Waals surface area (Å²) >= 11 is 0. The Morgan fingerprint density at radius 3 is 2.48 bits per heavy atom. The number of fused-ring (bicyclic) bond motifs is 1. The van der Waals surface area contributed by atoms with E-state index in [0.29, 0.717) is 42.9 Å². The number of nitrogens with zero attached hydrogens (tertiary/aromatic N) is 3. The maximum absolute atomic E-state index is 14.3. The van der Waals surface area contributed by atoms with Gasteiger partial charge in [-0.3, -0.25) is 14.8 Å². The number of rotatable bonds is 4. The second-order valence-electron chi connectivity index (χ2n) is 8.05. The van der Waals surface area contributed by atoms with E-state index in [0.717, 1.165) is 12.3 Å². The molecule has 4 rings (SSSR count). The average molecular weight is 438 g/mol. The molecule has 2 aromatic heterocycles. The number of ether oxygens (including phenoxy) is 1. The first-order valence-electron chi connectivity index (χ1n) is 10.1. The Morgan fingerprint density at radius 2 is 1.87 bits per heavy atom. The molecule has 1 saturated heterocycles. The molecule has 6 nitrogen and oxygen atoms in total. The van der Waals surface area contributed by atoms with Gasteiger partial charge in [0.2, 0.25) is 0 Å². The second kappa shape index (κ2) is 8.07. The van der Waals surface area contributed by atoms with E-state index in [1.165, 1.54) is 6.07 Å². The Morgan fingerprint density at radius 1 is 1.16 bits per heavy atom. The van der Waals surface area contributed by atoms with E-state index in [-0.39, 0.29) is 23.4 Å². The first kappa shape index (κ1) is 21.5. The number of halogens is 4. The van der Waals surface area contributed by atoms with Crippen LogP contribution < -0.4 is 10.2 Å². The highest BCUT2D eigenvalue weighted by atomic mass is 19.4. The number of carbonyl (C=O) groups is 1. The molecule has 2 aliphatic rings. The summed E-state index contributed by atoms with van der Waals surface area (Å²) < 4.78 is 58.8. The molecule has 10 heteroatoms. The minimum Gasteiger partial charge on any atom is -0.370 e. The van der Waals surface area contributed by atoms with Gasteiger partial charge in [-0.05, 0) is 24.8 Å². The van der Waals surface area contributed by atoms with Gasteiger partial charge in [-0.2, -0.15) is 13.2 Å². The fourth-order valence-electron chi connectivity index (χ4n) is 3.89. The summed E-state index contributed by atoms with van der Waals surface area (Å²) in [5, 5.41) is 2.57. The Labute approximate surface area is 176 Å². The van der Waals surface area contributed by atoms with E-state index in [1.807, 2.05) is 18.7 Å². The van der Waals surface area contributed by atoms with Crippen LogP contribution in [-0.2, 0) is 10.9 Å². The van der Waals surface area contributed by atoms with Gasteiger partial charge in [-0.1, -0.05) is 13.8 Å². The third kappa shape index (κ3) is 4.34. The van der Waals surface area contributed by atoms with Gasteiger partial charge in [-0.15, -0.1) is 0 Å². The molecular formula is C21H22F4N4O2. The highest BCUT2D eigenvalue weighted by molar-refractivity contribution is 5.98. The third-order valence-corrected chi connectivity index (χ3v) is 5.55. The lowest BCUT2D eigenvalue weighted by atomic mass is 10.1. The number of hydrogen-bond donors (Lipinski definition) is 1. The van der Waals surface area contributed by atoms with Crippen LogP contribution in [0.5, 0.6) is 0 Å². The fraction of sp³-hybridized carbons (Fsp3) is 0.476. The molecule has 2 aromatic rings. The van der Waals surface area contributed by atoms with Crippen molar-refractivity contribution in [1.29, 1.82) is 0 Å². The zero-order valence-electron chi connectivity index (χ0n) is 17.0. The summed E-state index contributed by atoms with van der Waals surface area (Å²) in [6, 6.07) is 2.24. The van der Waals surface area contributed by atoms with Crippen molar-refractivity contribution < 1.29 is 27.1 Å². The number of carbonyl (C=O) groups excluding carboxylic acids is 1. The Bertz CT molecular complexity index is 988. The van der Waals surface area contributed by atoms with Crippen LogP contribution in [-0.4, -0.2) is 35.1 Å². The summed E-state index contributed by atoms with van der Waals surface area (Å²) in [7, 11) is 0. The van der Waals surface area contributed by atoms with Gasteiger partial charge < -0.3 is 15.0 Å². The lowest BCUT2D eigenvalue weighted by Crippen LogP contribution is -2.38. The van der Waals surface area contributed by atoms with Crippen molar-refractivity contribution in [3.63, 3.8) is 0 Å². The fourth-order valence-corrected chi connectivity index (χ4v) is 3.89. The maximum Gasteiger partial charge on any atom is 0.433 e. The van der Waals surface area contributed by atoms with Crippen molar-refractivity contribution in [3.05, 3.63) is 52.9 Å². The maximum atomic E-state index is 14.3. The molecule has 1 atom stereocenters. The Hall–Kier alpha value is -2.75. The van der Waals surface area contributed by atoms with E-state index in [9.17, 15) is 22.4 Å². The van der Waals surface area contributed by atoms with Gasteiger partial charge in [-0.25, -0.2) is 4.39 Å². The summed E-state index contributed by atoms with van der Waals surface area (Å²) in [5.74, 6) is -0.946. The predicted molar refractivity (Wildman–Crippen MR) is 104 cm³/mol. The van der Waals surface area contributed by atoms with Crippen LogP contribution in [0.1, 0.15) is 66.1 Å². The molecule has 2 aliphatic heterocycles. The predicted octanol–water partition coefficient (Wildman–Crippen LogP) is 4.19. The Balaban J connectivity index is 1.39. The first-order chi connectivity index (χ1) is 14.6. The molecule has 1 fully saturated rings. The zero-order chi connectivity index (χ0) is 22.3. The van der Waals surface area contributed by atoms with Crippen molar-refractivity contribution in [2.24, 2.45) is 0 Å². The number of piperidine rings is 1. The number of amides is 1. The molecule has 1 amide bonds. The summed E-state index contributed by atoms with van der Waals surface area (Å²) in [6.45, 7) is 4.97. The smallest absolute Gasteiger partial charge is 0.370 e. The van der Waals surface area contributed by atoms with Crippen LogP contribution in [0, 0.1) is 5.82 Å². The number of aromatic nitrogens is 2. The second-order valence-corrected chi connectivity index (χ2v) is 8.05. The first-order valence-corrected chi connectivity index (χ1v) is 10.1. The normalized spacial score (nSPS) is 19.6. The molecule has 0 bridgehead atoms. The summed E-state index contributed by atoms with van der Waals surface area (Å²) in [6.07, 6.45) is -1.73. The van der Waals surface area contributed by atoms with Crippen LogP contribution in [0.3, 0.4) is 0 Å². The van der Waals surface area contributed by atoms with Gasteiger partial charge in [0, 0.05) is 30.9 Å². The summed E-state index contributed by atoms with van der Waals surface area (Å²) in [5.41, 5.74) is 0.246. The van der Waals surface area contributed by atoms with E-state index in [4.69, 9.17) is 4.74 Å². The lowest BCUT2D eigenvalue weighted by Gasteiger charge is -2.34. The van der Waals surface area contributed by atoms with Crippen molar-refractivity contribution in [2.75, 3.05) is 18.0 Å². The SMILES string of the molecule is CC(C)c1ncc(N2CCC(O[C@H]3NC(=O)c4cc(C(F)(F)F)ncc43)CC2)cc1F. The Kier molecular flexibility index (Phi) is 5.59. The number of pyridine rings is 2. The van der Waals surface area contributed by atoms with Crippen LogP contribution in [0.15, 0.2) is 24.5 Å². The van der Waals surface area contributed by atoms with Crippen LogP contribution in [0.25, 0.3) is 0 Å². The average Bonchev–Trinajstić information content (AvgIpc) is 3.02. The van der Waals surface area contributed by atoms with E-state index in [2.05, 4.69) is 15.3 Å². The minimum absolute atomic E-state index is 0.000568. The van der Waals surface area contributed by atoms with Gasteiger partial charge in [0.05, 0.1) is 29.2 Å². The van der Waals surface area contributed by atoms with E-state index >= 15 is 0 Å². The van der Waals surface area contributed by atoms with Gasteiger partial charge in [0.15, 0.2) is 6.23 Å². The van der Waals surface area contributed by atoms with Crippen LogP contribution >= 0.6 is 0 Å². The topological polar surface area (TPSA) is 67.3 Å². The monoisotopic (exact) mass is 438 g/mol. The molecule has 0 saturated carbocycles. The highest BCUT2D eigenvalue weighted by Crippen LogP contribution is 2.34. The van der Waals surface area contributed by atoms with Gasteiger partial charge in [0.25, 0.3) is 5.91 Å². The largest absolute Gasteiger partial charge is 0.433 e. The van der Waals surface area contributed by atoms with Crippen molar-refractivity contribution in [1.82, 2.24) is 15.3 Å². The molecule has 4 heterocycles. The zero-order valence-corrected chi connectivity index (χ0v) is 17.0. The summed E-state index contributed by atoms with van der Waals surface area (Å²) in [4.78, 5) is 21.8. The van der Waals surface area contributed by atoms with Crippen molar-refractivity contribution in [3.8, 4) is 0 Å².